The van der Waals surface area contributed by atoms with E-state index in [0.717, 1.165) is 0 Å². The Labute approximate surface area is 94.6 Å². The molecule has 0 atom stereocenters. The summed E-state index contributed by atoms with van der Waals surface area (Å²) in [5, 5.41) is 0. The summed E-state index contributed by atoms with van der Waals surface area (Å²) in [4.78, 5) is 5.51. The first-order valence-corrected chi connectivity index (χ1v) is 5.32. The number of pyridine rings is 1. The van der Waals surface area contributed by atoms with Gasteiger partial charge in [0.25, 0.3) is 5.92 Å². The van der Waals surface area contributed by atoms with Crippen LogP contribution in [0.2, 0.25) is 0 Å². The zero-order valence-corrected chi connectivity index (χ0v) is 9.07. The molecule has 1 aliphatic heterocycles. The highest BCUT2D eigenvalue weighted by atomic mass is 32.2. The van der Waals surface area contributed by atoms with Crippen molar-refractivity contribution in [1.82, 2.24) is 4.98 Å². The number of hydrogen-bond acceptors (Lipinski definition) is 3. The molecule has 2 heterocycles. The van der Waals surface area contributed by atoms with Crippen molar-refractivity contribution in [3.63, 3.8) is 0 Å². The Hall–Kier alpha value is -1.37. The highest BCUT2D eigenvalue weighted by Crippen LogP contribution is 2.30. The van der Waals surface area contributed by atoms with Crippen molar-refractivity contribution in [3.05, 3.63) is 23.9 Å². The van der Waals surface area contributed by atoms with Gasteiger partial charge in [-0.15, -0.1) is 0 Å². The summed E-state index contributed by atoms with van der Waals surface area (Å²) in [5.74, 6) is -2.08. The topological polar surface area (TPSA) is 45.6 Å². The molecule has 1 saturated heterocycles. The van der Waals surface area contributed by atoms with E-state index in [1.54, 1.807) is 12.1 Å². The van der Waals surface area contributed by atoms with Crippen molar-refractivity contribution >= 4 is 23.9 Å². The van der Waals surface area contributed by atoms with Gasteiger partial charge >= 0.3 is 0 Å². The maximum Gasteiger partial charge on any atom is 0.282 e. The van der Waals surface area contributed by atoms with Crippen LogP contribution in [0.5, 0.6) is 0 Å². The van der Waals surface area contributed by atoms with Gasteiger partial charge in [-0.1, -0.05) is 0 Å². The molecule has 86 valence electrons. The lowest BCUT2D eigenvalue weighted by molar-refractivity contribution is -0.0267. The molecule has 1 aromatic heterocycles. The lowest BCUT2D eigenvalue weighted by Crippen LogP contribution is -2.56. The normalized spacial score (nSPS) is 18.8. The van der Waals surface area contributed by atoms with Crippen LogP contribution in [0.3, 0.4) is 0 Å². The molecule has 0 amide bonds. The molecule has 0 spiro atoms. The molecule has 0 unspecified atom stereocenters. The largest absolute Gasteiger partial charge is 0.344 e. The van der Waals surface area contributed by atoms with Crippen LogP contribution >= 0.6 is 0 Å². The van der Waals surface area contributed by atoms with Gasteiger partial charge in [0.2, 0.25) is 0 Å². The van der Waals surface area contributed by atoms with E-state index in [1.165, 1.54) is 17.3 Å². The number of hydrogen-bond donors (Lipinski definition) is 1. The third-order valence-electron chi connectivity index (χ3n) is 2.19. The van der Waals surface area contributed by atoms with Gasteiger partial charge in [0, 0.05) is 18.0 Å². The van der Waals surface area contributed by atoms with Gasteiger partial charge in [-0.3, -0.25) is 0 Å². The first-order valence-electron chi connectivity index (χ1n) is 4.55. The van der Waals surface area contributed by atoms with Crippen molar-refractivity contribution in [2.24, 2.45) is 4.40 Å². The van der Waals surface area contributed by atoms with Crippen LogP contribution in [-0.2, 0) is 11.9 Å². The van der Waals surface area contributed by atoms with Crippen LogP contribution < -0.4 is 4.90 Å². The second-order valence-corrected chi connectivity index (χ2v) is 3.88. The molecule has 0 bridgehead atoms. The number of halogens is 2. The van der Waals surface area contributed by atoms with E-state index in [9.17, 15) is 13.0 Å². The van der Waals surface area contributed by atoms with Crippen molar-refractivity contribution in [1.29, 1.82) is 0 Å². The number of nitrogens with zero attached hydrogens (tertiary/aromatic N) is 3. The van der Waals surface area contributed by atoms with Gasteiger partial charge in [-0.2, -0.15) is 4.40 Å². The Bertz CT molecular complexity index is 413. The quantitative estimate of drug-likeness (QED) is 0.633. The monoisotopic (exact) mass is 245 g/mol. The second kappa shape index (κ2) is 4.25. The molecule has 0 saturated carbocycles. The number of alkyl halides is 2. The molecule has 0 radical (unpaired) electrons. The van der Waals surface area contributed by atoms with Crippen LogP contribution in [0.25, 0.3) is 0 Å². The zero-order valence-electron chi connectivity index (χ0n) is 8.18. The molecule has 1 aromatic rings. The van der Waals surface area contributed by atoms with Crippen molar-refractivity contribution in [2.45, 2.75) is 5.92 Å². The lowest BCUT2D eigenvalue weighted by atomic mass is 10.1. The van der Waals surface area contributed by atoms with E-state index in [0.29, 0.717) is 11.4 Å². The Kier molecular flexibility index (Phi) is 2.95. The fraction of sp³-hybridized carbons (Fsp3) is 0.333. The summed E-state index contributed by atoms with van der Waals surface area (Å²) in [5.41, 5.74) is 0.680. The molecule has 1 fully saturated rings. The predicted octanol–water partition coefficient (Wildman–Crippen LogP) is 0.816. The highest BCUT2D eigenvalue weighted by Gasteiger charge is 2.44. The first kappa shape index (κ1) is 11.1. The molecule has 0 aliphatic carbocycles. The van der Waals surface area contributed by atoms with E-state index in [-0.39, 0.29) is 24.9 Å². The van der Waals surface area contributed by atoms with Gasteiger partial charge in [-0.25, -0.2) is 18.0 Å². The van der Waals surface area contributed by atoms with Crippen LogP contribution in [0.15, 0.2) is 22.7 Å². The minimum absolute atomic E-state index is 0.285. The van der Waals surface area contributed by atoms with E-state index in [4.69, 9.17) is 0 Å². The predicted molar refractivity (Wildman–Crippen MR) is 58.5 cm³/mol. The van der Waals surface area contributed by atoms with Crippen molar-refractivity contribution in [2.75, 3.05) is 18.0 Å². The second-order valence-electron chi connectivity index (χ2n) is 3.49. The zero-order chi connectivity index (χ0) is 11.6. The van der Waals surface area contributed by atoms with E-state index < -0.39 is 5.92 Å². The van der Waals surface area contributed by atoms with E-state index in [2.05, 4.69) is 9.38 Å². The van der Waals surface area contributed by atoms with Crippen LogP contribution in [0, 0.1) is 0 Å². The summed E-state index contributed by atoms with van der Waals surface area (Å²) < 4.78 is 38.7. The third-order valence-corrected chi connectivity index (χ3v) is 2.40. The van der Waals surface area contributed by atoms with E-state index >= 15 is 0 Å². The highest BCUT2D eigenvalue weighted by molar-refractivity contribution is 7.64. The molecule has 1 aliphatic rings. The third kappa shape index (κ3) is 2.41. The Morgan fingerprint density at radius 2 is 2.25 bits per heavy atom. The van der Waals surface area contributed by atoms with Crippen LogP contribution in [0.4, 0.5) is 14.6 Å². The van der Waals surface area contributed by atoms with Gasteiger partial charge < -0.3 is 4.90 Å². The minimum atomic E-state index is -2.59. The molecular weight excluding hydrogens is 236 g/mol. The smallest absolute Gasteiger partial charge is 0.282 e. The van der Waals surface area contributed by atoms with Crippen molar-refractivity contribution < 1.29 is 13.0 Å². The van der Waals surface area contributed by atoms with Crippen molar-refractivity contribution in [3.8, 4) is 0 Å². The molecule has 0 N–H and O–H groups in total. The summed E-state index contributed by atoms with van der Waals surface area (Å²) in [6.07, 6.45) is 2.90. The average molecular weight is 245 g/mol. The summed E-state index contributed by atoms with van der Waals surface area (Å²) in [6, 6.07) is 3.33. The molecule has 2 rings (SSSR count). The molecule has 0 aromatic carbocycles. The minimum Gasteiger partial charge on any atom is -0.344 e. The number of thiol groups is 1. The number of rotatable bonds is 3. The SMILES string of the molecule is O=[SH]/N=C/c1ccc(N2CC(F)(F)C2)nc1. The standard InChI is InChI=1S/C9H9F2N3OS/c10-9(11)5-14(6-9)8-2-1-7(3-12-8)4-13-16-15/h1-4,16H,5-6H2/b13-4+. The Balaban J connectivity index is 2.03. The average Bonchev–Trinajstić information content (AvgIpc) is 2.24. The molecule has 16 heavy (non-hydrogen) atoms. The number of aromatic nitrogens is 1. The van der Waals surface area contributed by atoms with E-state index in [1.807, 2.05) is 0 Å². The first-order chi connectivity index (χ1) is 7.61. The Morgan fingerprint density at radius 3 is 2.75 bits per heavy atom. The fourth-order valence-corrected chi connectivity index (χ4v) is 1.61. The maximum absolute atomic E-state index is 12.6. The number of anilines is 1. The molecule has 4 nitrogen and oxygen atoms in total. The fourth-order valence-electron chi connectivity index (χ4n) is 1.43. The molecular formula is C9H9F2N3OS. The molecule has 7 heteroatoms. The maximum atomic E-state index is 12.6. The summed E-state index contributed by atoms with van der Waals surface area (Å²) >= 11 is -0.317. The van der Waals surface area contributed by atoms with Crippen LogP contribution in [-0.4, -0.2) is 34.4 Å². The van der Waals surface area contributed by atoms with Gasteiger partial charge in [0.1, 0.15) is 17.7 Å². The lowest BCUT2D eigenvalue weighted by Gasteiger charge is -2.39. The van der Waals surface area contributed by atoms with Gasteiger partial charge in [0.15, 0.2) is 0 Å². The van der Waals surface area contributed by atoms with Gasteiger partial charge in [-0.05, 0) is 12.1 Å². The van der Waals surface area contributed by atoms with Gasteiger partial charge in [0.05, 0.1) is 13.1 Å². The summed E-state index contributed by atoms with van der Waals surface area (Å²) in [7, 11) is 0. The Morgan fingerprint density at radius 1 is 1.50 bits per heavy atom. The van der Waals surface area contributed by atoms with Crippen LogP contribution in [0.1, 0.15) is 5.56 Å². The summed E-state index contributed by atoms with van der Waals surface area (Å²) in [6.45, 7) is -0.570.